The van der Waals surface area contributed by atoms with Gasteiger partial charge in [-0.15, -0.1) is 0 Å². The molecular formula is C18H25NO2. The lowest BCUT2D eigenvalue weighted by molar-refractivity contribution is 0.0155. The molecule has 3 rings (SSSR count). The molecule has 1 aromatic rings. The Morgan fingerprint density at radius 2 is 1.81 bits per heavy atom. The Morgan fingerprint density at radius 3 is 2.33 bits per heavy atom. The van der Waals surface area contributed by atoms with Gasteiger partial charge in [-0.2, -0.15) is 0 Å². The Bertz CT molecular complexity index is 496. The van der Waals surface area contributed by atoms with Crippen LogP contribution in [-0.2, 0) is 6.42 Å². The topological polar surface area (TPSA) is 40.5 Å². The molecule has 3 heteroatoms. The molecular weight excluding hydrogens is 262 g/mol. The van der Waals surface area contributed by atoms with Gasteiger partial charge >= 0.3 is 0 Å². The average molecular weight is 287 g/mol. The number of fused-ring (bicyclic) bond motifs is 2. The lowest BCUT2D eigenvalue weighted by Gasteiger charge is -2.40. The third-order valence-electron chi connectivity index (χ3n) is 5.24. The van der Waals surface area contributed by atoms with Gasteiger partial charge in [0.15, 0.2) is 5.78 Å². The number of aliphatic hydroxyl groups excluding tert-OH is 1. The van der Waals surface area contributed by atoms with E-state index in [9.17, 15) is 9.90 Å². The number of hydrogen-bond donors (Lipinski definition) is 1. The van der Waals surface area contributed by atoms with Gasteiger partial charge in [0.05, 0.1) is 12.1 Å². The van der Waals surface area contributed by atoms with Crippen LogP contribution in [0.25, 0.3) is 0 Å². The summed E-state index contributed by atoms with van der Waals surface area (Å²) >= 11 is 0. The highest BCUT2D eigenvalue weighted by molar-refractivity contribution is 6.00. The molecule has 2 fully saturated rings. The molecule has 2 bridgehead atoms. The van der Waals surface area contributed by atoms with Crippen molar-refractivity contribution < 1.29 is 9.90 Å². The van der Waals surface area contributed by atoms with Crippen LogP contribution < -0.4 is 0 Å². The van der Waals surface area contributed by atoms with Gasteiger partial charge in [0.2, 0.25) is 0 Å². The van der Waals surface area contributed by atoms with E-state index < -0.39 is 0 Å². The van der Waals surface area contributed by atoms with Crippen LogP contribution in [0.4, 0.5) is 0 Å². The smallest absolute Gasteiger partial charge is 0.179 e. The summed E-state index contributed by atoms with van der Waals surface area (Å²) in [7, 11) is 0. The molecule has 2 aliphatic rings. The second kappa shape index (κ2) is 5.90. The number of nitrogens with zero attached hydrogens (tertiary/aromatic N) is 1. The zero-order valence-corrected chi connectivity index (χ0v) is 13.0. The lowest BCUT2D eigenvalue weighted by Crippen LogP contribution is -2.51. The molecule has 21 heavy (non-hydrogen) atoms. The number of benzene rings is 1. The molecule has 0 amide bonds. The van der Waals surface area contributed by atoms with Gasteiger partial charge in [-0.1, -0.05) is 31.2 Å². The number of ketones is 1. The third kappa shape index (κ3) is 2.77. The van der Waals surface area contributed by atoms with Gasteiger partial charge in [0.1, 0.15) is 0 Å². The van der Waals surface area contributed by atoms with Crippen LogP contribution in [0.1, 0.15) is 55.5 Å². The first kappa shape index (κ1) is 14.7. The first-order valence-corrected chi connectivity index (χ1v) is 8.18. The zero-order valence-electron chi connectivity index (χ0n) is 13.0. The Hall–Kier alpha value is -1.19. The van der Waals surface area contributed by atoms with Gasteiger partial charge < -0.3 is 5.11 Å². The van der Waals surface area contributed by atoms with Crippen molar-refractivity contribution in [3.05, 3.63) is 35.4 Å². The molecule has 3 atom stereocenters. The number of aryl methyl sites for hydroxylation is 1. The summed E-state index contributed by atoms with van der Waals surface area (Å²) in [4.78, 5) is 15.1. The minimum absolute atomic E-state index is 0.0810. The molecule has 3 unspecified atom stereocenters. The van der Waals surface area contributed by atoms with Crippen LogP contribution in [-0.4, -0.2) is 40.0 Å². The van der Waals surface area contributed by atoms with Crippen LogP contribution in [0.3, 0.4) is 0 Å². The average Bonchev–Trinajstić information content (AvgIpc) is 2.77. The maximum Gasteiger partial charge on any atom is 0.179 e. The largest absolute Gasteiger partial charge is 0.393 e. The molecule has 0 radical (unpaired) electrons. The lowest BCUT2D eigenvalue weighted by atomic mass is 9.94. The molecule has 2 aliphatic heterocycles. The molecule has 0 aromatic heterocycles. The SMILES string of the molecule is CCc1ccc(C(=O)C(C)N2C3CCC2CC(O)C3)cc1. The van der Waals surface area contributed by atoms with Crippen LogP contribution in [0.15, 0.2) is 24.3 Å². The predicted octanol–water partition coefficient (Wildman–Crippen LogP) is 2.81. The van der Waals surface area contributed by atoms with Crippen molar-refractivity contribution in [3.8, 4) is 0 Å². The van der Waals surface area contributed by atoms with Crippen LogP contribution >= 0.6 is 0 Å². The summed E-state index contributed by atoms with van der Waals surface area (Å²) < 4.78 is 0. The van der Waals surface area contributed by atoms with Crippen molar-refractivity contribution in [2.24, 2.45) is 0 Å². The van der Waals surface area contributed by atoms with E-state index in [-0.39, 0.29) is 17.9 Å². The van der Waals surface area contributed by atoms with Crippen molar-refractivity contribution in [3.63, 3.8) is 0 Å². The number of carbonyl (C=O) groups excluding carboxylic acids is 1. The predicted molar refractivity (Wildman–Crippen MR) is 83.5 cm³/mol. The van der Waals surface area contributed by atoms with E-state index in [1.807, 2.05) is 19.1 Å². The number of carbonyl (C=O) groups is 1. The first-order chi connectivity index (χ1) is 10.1. The van der Waals surface area contributed by atoms with Gasteiger partial charge in [-0.3, -0.25) is 9.69 Å². The van der Waals surface area contributed by atoms with E-state index in [0.717, 1.165) is 37.7 Å². The summed E-state index contributed by atoms with van der Waals surface area (Å²) in [6, 6.07) is 8.70. The number of hydrogen-bond acceptors (Lipinski definition) is 3. The van der Waals surface area contributed by atoms with E-state index in [2.05, 4.69) is 24.0 Å². The fourth-order valence-corrected chi connectivity index (χ4v) is 4.10. The van der Waals surface area contributed by atoms with Gasteiger partial charge in [0, 0.05) is 17.6 Å². The van der Waals surface area contributed by atoms with Crippen molar-refractivity contribution in [1.29, 1.82) is 0 Å². The van der Waals surface area contributed by atoms with Crippen molar-refractivity contribution in [1.82, 2.24) is 4.90 Å². The van der Waals surface area contributed by atoms with Crippen molar-refractivity contribution >= 4 is 5.78 Å². The van der Waals surface area contributed by atoms with Gasteiger partial charge in [-0.25, -0.2) is 0 Å². The van der Waals surface area contributed by atoms with Crippen molar-refractivity contribution in [2.45, 2.75) is 70.2 Å². The molecule has 0 saturated carbocycles. The maximum atomic E-state index is 12.7. The number of Topliss-reactive ketones (excluding diaryl/α,β-unsaturated/α-hetero) is 1. The fraction of sp³-hybridized carbons (Fsp3) is 0.611. The molecule has 3 nitrogen and oxygen atoms in total. The minimum Gasteiger partial charge on any atom is -0.393 e. The summed E-state index contributed by atoms with van der Waals surface area (Å²) in [5, 5.41) is 9.89. The standard InChI is InChI=1S/C18H25NO2/c1-3-13-4-6-14(7-5-13)18(21)12(2)19-15-8-9-16(19)11-17(20)10-15/h4-7,12,15-17,20H,3,8-11H2,1-2H3. The Balaban J connectivity index is 1.75. The number of piperidine rings is 1. The number of aliphatic hydroxyl groups is 1. The monoisotopic (exact) mass is 287 g/mol. The third-order valence-corrected chi connectivity index (χ3v) is 5.24. The molecule has 0 aliphatic carbocycles. The highest BCUT2D eigenvalue weighted by atomic mass is 16.3. The summed E-state index contributed by atoms with van der Waals surface area (Å²) in [5.74, 6) is 0.214. The molecule has 2 saturated heterocycles. The van der Waals surface area contributed by atoms with E-state index in [1.165, 1.54) is 5.56 Å². The second-order valence-electron chi connectivity index (χ2n) is 6.55. The molecule has 0 spiro atoms. The second-order valence-corrected chi connectivity index (χ2v) is 6.55. The van der Waals surface area contributed by atoms with Crippen LogP contribution in [0.2, 0.25) is 0 Å². The normalized spacial score (nSPS) is 30.3. The van der Waals surface area contributed by atoms with Gasteiger partial charge in [0.25, 0.3) is 0 Å². The maximum absolute atomic E-state index is 12.7. The van der Waals surface area contributed by atoms with Crippen LogP contribution in [0, 0.1) is 0 Å². The summed E-state index contributed by atoms with van der Waals surface area (Å²) in [6.45, 7) is 4.15. The van der Waals surface area contributed by atoms with Crippen molar-refractivity contribution in [2.75, 3.05) is 0 Å². The fourth-order valence-electron chi connectivity index (χ4n) is 4.10. The zero-order chi connectivity index (χ0) is 15.0. The highest BCUT2D eigenvalue weighted by Gasteiger charge is 2.43. The Labute approximate surface area is 127 Å². The van der Waals surface area contributed by atoms with Gasteiger partial charge in [-0.05, 0) is 44.6 Å². The Kier molecular flexibility index (Phi) is 4.14. The Morgan fingerprint density at radius 1 is 1.24 bits per heavy atom. The highest BCUT2D eigenvalue weighted by Crippen LogP contribution is 2.37. The molecule has 1 aromatic carbocycles. The van der Waals surface area contributed by atoms with E-state index in [4.69, 9.17) is 0 Å². The van der Waals surface area contributed by atoms with E-state index >= 15 is 0 Å². The molecule has 1 N–H and O–H groups in total. The summed E-state index contributed by atoms with van der Waals surface area (Å²) in [6.07, 6.45) is 4.71. The van der Waals surface area contributed by atoms with E-state index in [0.29, 0.717) is 12.1 Å². The minimum atomic E-state index is -0.176. The van der Waals surface area contributed by atoms with Crippen LogP contribution in [0.5, 0.6) is 0 Å². The molecule has 114 valence electrons. The van der Waals surface area contributed by atoms with E-state index in [1.54, 1.807) is 0 Å². The summed E-state index contributed by atoms with van der Waals surface area (Å²) in [5.41, 5.74) is 2.07. The quantitative estimate of drug-likeness (QED) is 0.866. The first-order valence-electron chi connectivity index (χ1n) is 8.18. The molecule has 2 heterocycles. The number of rotatable bonds is 4.